The average molecular weight is 473 g/mol. The van der Waals surface area contributed by atoms with E-state index in [1.165, 1.54) is 22.3 Å². The van der Waals surface area contributed by atoms with Crippen molar-refractivity contribution in [3.8, 4) is 6.07 Å². The molecule has 0 spiro atoms. The first kappa shape index (κ1) is 24.3. The van der Waals surface area contributed by atoms with Gasteiger partial charge >= 0.3 is 0 Å². The molecule has 0 fully saturated rings. The van der Waals surface area contributed by atoms with Gasteiger partial charge in [0.2, 0.25) is 0 Å². The molecule has 0 amide bonds. The molecule has 0 bridgehead atoms. The van der Waals surface area contributed by atoms with Crippen LogP contribution in [0.4, 0.5) is 0 Å². The minimum absolute atomic E-state index is 0.609. The summed E-state index contributed by atoms with van der Waals surface area (Å²) in [6.45, 7) is 6.25. The van der Waals surface area contributed by atoms with Gasteiger partial charge in [0.25, 0.3) is 0 Å². The van der Waals surface area contributed by atoms with Gasteiger partial charge in [0.1, 0.15) is 11.1 Å². The van der Waals surface area contributed by atoms with Crippen molar-refractivity contribution in [2.75, 3.05) is 0 Å². The van der Waals surface area contributed by atoms with E-state index >= 15 is 0 Å². The van der Waals surface area contributed by atoms with Crippen molar-refractivity contribution in [2.45, 2.75) is 31.6 Å². The molecule has 172 valence electrons. The van der Waals surface area contributed by atoms with E-state index < -0.39 is 0 Å². The molecule has 0 radical (unpaired) electrons. The molecule has 1 heterocycles. The lowest BCUT2D eigenvalue weighted by molar-refractivity contribution is 1.09. The highest BCUT2D eigenvalue weighted by Crippen LogP contribution is 2.29. The topological polar surface area (TPSA) is 36.7 Å². The van der Waals surface area contributed by atoms with Gasteiger partial charge in [0.15, 0.2) is 0 Å². The van der Waals surface area contributed by atoms with Gasteiger partial charge in [-0.2, -0.15) is 5.26 Å². The van der Waals surface area contributed by atoms with Gasteiger partial charge < -0.3 is 0 Å². The molecule has 2 nitrogen and oxygen atoms in total. The molecular formula is C32H28N2S. The quantitative estimate of drug-likeness (QED) is 0.253. The summed E-state index contributed by atoms with van der Waals surface area (Å²) in [6, 6.07) is 29.7. The maximum Gasteiger partial charge on any atom is 0.115 e. The maximum atomic E-state index is 10.0. The zero-order valence-electron chi connectivity index (χ0n) is 20.3. The Bertz CT molecular complexity index is 1390. The number of nitrogens with zero attached hydrogens (tertiary/aromatic N) is 2. The van der Waals surface area contributed by atoms with E-state index in [-0.39, 0.29) is 0 Å². The Morgan fingerprint density at radius 2 is 1.23 bits per heavy atom. The molecule has 35 heavy (non-hydrogen) atoms. The highest BCUT2D eigenvalue weighted by atomic mass is 32.2. The molecule has 0 atom stereocenters. The van der Waals surface area contributed by atoms with Crippen molar-refractivity contribution in [1.82, 2.24) is 4.98 Å². The zero-order chi connectivity index (χ0) is 24.6. The fourth-order valence-corrected chi connectivity index (χ4v) is 4.53. The number of hydrogen-bond donors (Lipinski definition) is 0. The van der Waals surface area contributed by atoms with Gasteiger partial charge in [-0.05, 0) is 55.2 Å². The van der Waals surface area contributed by atoms with Crippen LogP contribution in [-0.4, -0.2) is 4.98 Å². The number of hydrogen-bond acceptors (Lipinski definition) is 3. The lowest BCUT2D eigenvalue weighted by atomic mass is 10.1. The van der Waals surface area contributed by atoms with Crippen LogP contribution in [0.1, 0.15) is 50.2 Å². The SMILES string of the molecule is Cc1ccc(/C=C\c2cc(/C=C/c3ccc(C)cc3)nc(SCc3ccc(C)cc3)c2C#N)cc1. The van der Waals surface area contributed by atoms with Crippen molar-refractivity contribution in [1.29, 1.82) is 5.26 Å². The highest BCUT2D eigenvalue weighted by molar-refractivity contribution is 7.98. The Labute approximate surface area is 212 Å². The Balaban J connectivity index is 1.69. The van der Waals surface area contributed by atoms with Crippen molar-refractivity contribution < 1.29 is 0 Å². The van der Waals surface area contributed by atoms with Gasteiger partial charge in [-0.25, -0.2) is 4.98 Å². The van der Waals surface area contributed by atoms with E-state index in [9.17, 15) is 5.26 Å². The van der Waals surface area contributed by atoms with E-state index in [4.69, 9.17) is 4.98 Å². The summed E-state index contributed by atoms with van der Waals surface area (Å²) in [5.74, 6) is 0.758. The number of rotatable bonds is 7. The predicted octanol–water partition coefficient (Wildman–Crippen LogP) is 8.51. The summed E-state index contributed by atoms with van der Waals surface area (Å²) in [5, 5.41) is 10.8. The molecular weight excluding hydrogens is 444 g/mol. The fourth-order valence-electron chi connectivity index (χ4n) is 3.55. The van der Waals surface area contributed by atoms with Crippen LogP contribution >= 0.6 is 11.8 Å². The summed E-state index contributed by atoms with van der Waals surface area (Å²) in [7, 11) is 0. The van der Waals surface area contributed by atoms with Crippen molar-refractivity contribution >= 4 is 36.1 Å². The molecule has 0 aliphatic carbocycles. The summed E-state index contributed by atoms with van der Waals surface area (Å²) < 4.78 is 0. The number of pyridine rings is 1. The minimum atomic E-state index is 0.609. The smallest absolute Gasteiger partial charge is 0.115 e. The van der Waals surface area contributed by atoms with E-state index in [0.29, 0.717) is 5.56 Å². The third kappa shape index (κ3) is 6.82. The van der Waals surface area contributed by atoms with Crippen LogP contribution < -0.4 is 0 Å². The molecule has 0 N–H and O–H groups in total. The number of benzene rings is 3. The Morgan fingerprint density at radius 1 is 0.714 bits per heavy atom. The average Bonchev–Trinajstić information content (AvgIpc) is 2.87. The third-order valence-electron chi connectivity index (χ3n) is 5.70. The molecule has 4 rings (SSSR count). The fraction of sp³-hybridized carbons (Fsp3) is 0.125. The lowest BCUT2D eigenvalue weighted by Crippen LogP contribution is -1.95. The molecule has 3 heteroatoms. The van der Waals surface area contributed by atoms with Crippen LogP contribution in [0.15, 0.2) is 83.9 Å². The second-order valence-corrected chi connectivity index (χ2v) is 9.65. The normalized spacial score (nSPS) is 11.3. The standard InChI is InChI=1S/C32H28N2S/c1-23-4-10-26(11-5-23)16-18-29-20-30(19-17-27-12-6-24(2)7-13-27)34-32(31(29)21-33)35-22-28-14-8-25(3)9-15-28/h4-20H,22H2,1-3H3/b18-16-,19-17+. The number of aromatic nitrogens is 1. The Morgan fingerprint density at radius 3 is 1.77 bits per heavy atom. The zero-order valence-corrected chi connectivity index (χ0v) is 21.1. The minimum Gasteiger partial charge on any atom is -0.241 e. The molecule has 0 aliphatic rings. The summed E-state index contributed by atoms with van der Waals surface area (Å²) in [4.78, 5) is 4.86. The number of nitriles is 1. The number of thioether (sulfide) groups is 1. The van der Waals surface area contributed by atoms with Crippen molar-refractivity contribution in [2.24, 2.45) is 0 Å². The molecule has 0 aliphatic heterocycles. The lowest BCUT2D eigenvalue weighted by Gasteiger charge is -2.09. The molecule has 0 unspecified atom stereocenters. The van der Waals surface area contributed by atoms with E-state index in [0.717, 1.165) is 33.2 Å². The van der Waals surface area contributed by atoms with Crippen LogP contribution in [0.5, 0.6) is 0 Å². The van der Waals surface area contributed by atoms with Crippen LogP contribution in [0.3, 0.4) is 0 Å². The third-order valence-corrected chi connectivity index (χ3v) is 6.75. The van der Waals surface area contributed by atoms with E-state index in [2.05, 4.69) is 112 Å². The van der Waals surface area contributed by atoms with Crippen LogP contribution in [-0.2, 0) is 5.75 Å². The molecule has 1 aromatic heterocycles. The van der Waals surface area contributed by atoms with Gasteiger partial charge in [-0.1, -0.05) is 108 Å². The largest absolute Gasteiger partial charge is 0.241 e. The summed E-state index contributed by atoms with van der Waals surface area (Å²) in [5.41, 5.74) is 9.44. The van der Waals surface area contributed by atoms with E-state index in [1.807, 2.05) is 18.2 Å². The first-order chi connectivity index (χ1) is 17.0. The molecule has 0 saturated heterocycles. The summed E-state index contributed by atoms with van der Waals surface area (Å²) >= 11 is 1.60. The predicted molar refractivity (Wildman–Crippen MR) is 150 cm³/mol. The first-order valence-electron chi connectivity index (χ1n) is 11.6. The van der Waals surface area contributed by atoms with Gasteiger partial charge in [-0.15, -0.1) is 11.8 Å². The maximum absolute atomic E-state index is 10.0. The molecule has 0 saturated carbocycles. The molecule has 4 aromatic rings. The first-order valence-corrected chi connectivity index (χ1v) is 12.6. The van der Waals surface area contributed by atoms with Crippen LogP contribution in [0.2, 0.25) is 0 Å². The Kier molecular flexibility index (Phi) is 7.98. The second kappa shape index (κ2) is 11.5. The Hall–Kier alpha value is -3.87. The van der Waals surface area contributed by atoms with Gasteiger partial charge in [-0.3, -0.25) is 0 Å². The summed E-state index contributed by atoms with van der Waals surface area (Å²) in [6.07, 6.45) is 8.15. The highest BCUT2D eigenvalue weighted by Gasteiger charge is 2.11. The van der Waals surface area contributed by atoms with Crippen molar-refractivity contribution in [3.05, 3.63) is 129 Å². The monoisotopic (exact) mass is 472 g/mol. The van der Waals surface area contributed by atoms with Crippen LogP contribution in [0, 0.1) is 32.1 Å². The number of aryl methyl sites for hydroxylation is 3. The van der Waals surface area contributed by atoms with Gasteiger partial charge in [0, 0.05) is 5.75 Å². The second-order valence-electron chi connectivity index (χ2n) is 8.69. The van der Waals surface area contributed by atoms with E-state index in [1.54, 1.807) is 11.8 Å². The van der Waals surface area contributed by atoms with Crippen molar-refractivity contribution in [3.63, 3.8) is 0 Å². The van der Waals surface area contributed by atoms with Crippen LogP contribution in [0.25, 0.3) is 24.3 Å². The molecule has 3 aromatic carbocycles. The van der Waals surface area contributed by atoms with Gasteiger partial charge in [0.05, 0.1) is 11.3 Å².